The summed E-state index contributed by atoms with van der Waals surface area (Å²) in [5.74, 6) is -1.57. The van der Waals surface area contributed by atoms with E-state index >= 15 is 0 Å². The lowest BCUT2D eigenvalue weighted by Crippen LogP contribution is -2.50. The second-order valence-electron chi connectivity index (χ2n) is 13.8. The van der Waals surface area contributed by atoms with Crippen LogP contribution in [0, 0.1) is 0 Å². The normalized spacial score (nSPS) is 13.8. The highest BCUT2D eigenvalue weighted by atomic mass is 16.6. The van der Waals surface area contributed by atoms with Crippen molar-refractivity contribution in [2.24, 2.45) is 0 Å². The second-order valence-corrected chi connectivity index (χ2v) is 13.8. The SMILES string of the molecule is CC/C=C/C/C=C/C/C=C/C/C=C/C/C=C/CCCC(=O)OCC(COCCC(C(=O)O)[N+](C)(C)C)OC(=O)CCCCCC/C=C/CCCC. The number of unbranched alkanes of at least 4 members (excludes halogenated alkanes) is 7. The molecule has 0 bridgehead atoms. The van der Waals surface area contributed by atoms with Gasteiger partial charge >= 0.3 is 17.9 Å². The van der Waals surface area contributed by atoms with Gasteiger partial charge in [-0.2, -0.15) is 0 Å². The maximum absolute atomic E-state index is 12.6. The number of hydrogen-bond acceptors (Lipinski definition) is 6. The quantitative estimate of drug-likeness (QED) is 0.0313. The van der Waals surface area contributed by atoms with Crippen LogP contribution in [0.1, 0.15) is 129 Å². The Labute approximate surface area is 311 Å². The van der Waals surface area contributed by atoms with E-state index in [1.54, 1.807) is 0 Å². The number of allylic oxidation sites excluding steroid dienone is 12. The summed E-state index contributed by atoms with van der Waals surface area (Å²) in [5.41, 5.74) is 0. The van der Waals surface area contributed by atoms with Gasteiger partial charge in [-0.05, 0) is 70.6 Å². The number of nitrogens with zero attached hydrogens (tertiary/aromatic N) is 1. The number of rotatable bonds is 33. The molecule has 0 fully saturated rings. The maximum atomic E-state index is 12.6. The van der Waals surface area contributed by atoms with Crippen LogP contribution in [0.3, 0.4) is 0 Å². The maximum Gasteiger partial charge on any atom is 0.362 e. The number of likely N-dealkylation sites (N-methyl/N-ethyl adjacent to an activating group) is 1. The van der Waals surface area contributed by atoms with Crippen molar-refractivity contribution in [3.05, 3.63) is 72.9 Å². The average Bonchev–Trinajstić information content (AvgIpc) is 3.08. The van der Waals surface area contributed by atoms with Crippen LogP contribution in [0.4, 0.5) is 0 Å². The molecule has 0 radical (unpaired) electrons. The lowest BCUT2D eigenvalue weighted by molar-refractivity contribution is -0.887. The van der Waals surface area contributed by atoms with Crippen LogP contribution in [-0.4, -0.2) is 80.6 Å². The fraction of sp³-hybridized carbons (Fsp3) is 0.651. The van der Waals surface area contributed by atoms with Crippen molar-refractivity contribution >= 4 is 17.9 Å². The first-order chi connectivity index (χ1) is 24.6. The average molecular weight is 715 g/mol. The summed E-state index contributed by atoms with van der Waals surface area (Å²) in [7, 11) is 5.48. The van der Waals surface area contributed by atoms with E-state index in [-0.39, 0.29) is 42.7 Å². The number of esters is 2. The molecular formula is C43H72NO7+. The molecule has 290 valence electrons. The molecule has 0 aromatic heterocycles. The molecule has 2 unspecified atom stereocenters. The molecule has 1 N–H and O–H groups in total. The Morgan fingerprint density at radius 3 is 1.69 bits per heavy atom. The highest BCUT2D eigenvalue weighted by molar-refractivity contribution is 5.72. The van der Waals surface area contributed by atoms with Gasteiger partial charge in [-0.15, -0.1) is 0 Å². The van der Waals surface area contributed by atoms with E-state index in [0.29, 0.717) is 19.3 Å². The predicted octanol–water partition coefficient (Wildman–Crippen LogP) is 10.0. The molecule has 0 amide bonds. The number of carboxylic acids is 1. The zero-order valence-electron chi connectivity index (χ0n) is 32.8. The molecule has 0 aliphatic rings. The second kappa shape index (κ2) is 33.9. The van der Waals surface area contributed by atoms with E-state index in [2.05, 4.69) is 86.8 Å². The Bertz CT molecular complexity index is 1060. The van der Waals surface area contributed by atoms with Crippen LogP contribution in [0.25, 0.3) is 0 Å². The minimum Gasteiger partial charge on any atom is -0.477 e. The van der Waals surface area contributed by atoms with Gasteiger partial charge < -0.3 is 23.8 Å². The minimum atomic E-state index is -0.889. The zero-order valence-corrected chi connectivity index (χ0v) is 32.8. The third-order valence-corrected chi connectivity index (χ3v) is 8.09. The van der Waals surface area contributed by atoms with Crippen LogP contribution in [-0.2, 0) is 28.6 Å². The fourth-order valence-corrected chi connectivity index (χ4v) is 5.05. The van der Waals surface area contributed by atoms with Crippen molar-refractivity contribution in [3.63, 3.8) is 0 Å². The number of aliphatic carboxylic acids is 1. The summed E-state index contributed by atoms with van der Waals surface area (Å²) in [6.07, 6.45) is 41.0. The van der Waals surface area contributed by atoms with Crippen molar-refractivity contribution in [2.45, 2.75) is 142 Å². The van der Waals surface area contributed by atoms with E-state index in [0.717, 1.165) is 77.0 Å². The van der Waals surface area contributed by atoms with E-state index < -0.39 is 18.1 Å². The van der Waals surface area contributed by atoms with Gasteiger partial charge in [0.15, 0.2) is 12.1 Å². The van der Waals surface area contributed by atoms with Crippen LogP contribution in [0.2, 0.25) is 0 Å². The first kappa shape index (κ1) is 47.8. The van der Waals surface area contributed by atoms with Gasteiger partial charge in [-0.1, -0.05) is 112 Å². The molecule has 2 atom stereocenters. The Morgan fingerprint density at radius 1 is 0.608 bits per heavy atom. The van der Waals surface area contributed by atoms with Crippen molar-refractivity contribution in [3.8, 4) is 0 Å². The molecule has 0 saturated carbocycles. The summed E-state index contributed by atoms with van der Waals surface area (Å²) in [6.45, 7) is 4.47. The molecule has 8 heteroatoms. The Balaban J connectivity index is 4.51. The highest BCUT2D eigenvalue weighted by Crippen LogP contribution is 2.11. The molecule has 0 aliphatic heterocycles. The number of quaternary nitrogens is 1. The Hall–Kier alpha value is -3.23. The van der Waals surface area contributed by atoms with Gasteiger partial charge in [0, 0.05) is 19.3 Å². The van der Waals surface area contributed by atoms with Crippen molar-refractivity contribution in [1.82, 2.24) is 0 Å². The van der Waals surface area contributed by atoms with Crippen molar-refractivity contribution < 1.29 is 38.2 Å². The predicted molar refractivity (Wildman–Crippen MR) is 210 cm³/mol. The molecule has 0 saturated heterocycles. The molecular weight excluding hydrogens is 642 g/mol. The topological polar surface area (TPSA) is 99.1 Å². The number of carbonyl (C=O) groups is 3. The lowest BCUT2D eigenvalue weighted by atomic mass is 10.1. The molecule has 0 aliphatic carbocycles. The first-order valence-corrected chi connectivity index (χ1v) is 19.5. The summed E-state index contributed by atoms with van der Waals surface area (Å²) in [5, 5.41) is 9.58. The minimum absolute atomic E-state index is 0.0346. The van der Waals surface area contributed by atoms with Crippen LogP contribution >= 0.6 is 0 Å². The van der Waals surface area contributed by atoms with E-state index in [1.807, 2.05) is 21.1 Å². The van der Waals surface area contributed by atoms with Gasteiger partial charge in [-0.3, -0.25) is 9.59 Å². The number of hydrogen-bond donors (Lipinski definition) is 1. The largest absolute Gasteiger partial charge is 0.477 e. The fourth-order valence-electron chi connectivity index (χ4n) is 5.05. The van der Waals surface area contributed by atoms with Gasteiger partial charge in [0.1, 0.15) is 6.61 Å². The molecule has 0 aromatic carbocycles. The summed E-state index contributed by atoms with van der Waals surface area (Å²) in [4.78, 5) is 36.7. The molecule has 0 aromatic rings. The molecule has 51 heavy (non-hydrogen) atoms. The molecule has 0 spiro atoms. The molecule has 0 rings (SSSR count). The van der Waals surface area contributed by atoms with Gasteiger partial charge in [0.25, 0.3) is 0 Å². The Morgan fingerprint density at radius 2 is 1.12 bits per heavy atom. The summed E-state index contributed by atoms with van der Waals surface area (Å²) in [6, 6.07) is -0.626. The monoisotopic (exact) mass is 715 g/mol. The third-order valence-electron chi connectivity index (χ3n) is 8.09. The molecule has 0 heterocycles. The zero-order chi connectivity index (χ0) is 37.8. The smallest absolute Gasteiger partial charge is 0.362 e. The number of ether oxygens (including phenoxy) is 3. The lowest BCUT2D eigenvalue weighted by Gasteiger charge is -2.31. The standard InChI is InChI=1S/C43H71NO7/c1-6-8-10-12-14-16-18-19-20-21-22-23-24-26-27-29-31-33-41(45)50-38-39(37-49-36-35-40(43(47)48)44(3,4)5)51-42(46)34-32-30-28-25-17-15-13-11-9-7-2/h8,10,13-16,19-20,22-23,26-27,39-40H,6-7,9,11-12,17-18,21,24-25,28-38H2,1-5H3/p+1/b10-8+,15-13+,16-14+,20-19+,23-22+,27-26+. The Kier molecular flexibility index (Phi) is 31.7. The highest BCUT2D eigenvalue weighted by Gasteiger charge is 2.31. The number of carbonyl (C=O) groups excluding carboxylic acids is 2. The summed E-state index contributed by atoms with van der Waals surface area (Å²) < 4.78 is 17.1. The van der Waals surface area contributed by atoms with E-state index in [1.165, 1.54) is 12.8 Å². The van der Waals surface area contributed by atoms with Crippen molar-refractivity contribution in [2.75, 3.05) is 41.0 Å². The van der Waals surface area contributed by atoms with Crippen LogP contribution in [0.15, 0.2) is 72.9 Å². The van der Waals surface area contributed by atoms with E-state index in [4.69, 9.17) is 14.2 Å². The number of carboxylic acid groups (broad SMARTS) is 1. The first-order valence-electron chi connectivity index (χ1n) is 19.5. The third kappa shape index (κ3) is 32.4. The van der Waals surface area contributed by atoms with Crippen LogP contribution < -0.4 is 0 Å². The summed E-state index contributed by atoms with van der Waals surface area (Å²) >= 11 is 0. The van der Waals surface area contributed by atoms with Crippen molar-refractivity contribution in [1.29, 1.82) is 0 Å². The van der Waals surface area contributed by atoms with Gasteiger partial charge in [0.2, 0.25) is 0 Å². The van der Waals surface area contributed by atoms with Crippen LogP contribution in [0.5, 0.6) is 0 Å². The van der Waals surface area contributed by atoms with Gasteiger partial charge in [0.05, 0.1) is 34.4 Å². The molecule has 8 nitrogen and oxygen atoms in total. The van der Waals surface area contributed by atoms with E-state index in [9.17, 15) is 19.5 Å². The van der Waals surface area contributed by atoms with Gasteiger partial charge in [-0.25, -0.2) is 4.79 Å².